The Kier molecular flexibility index (Phi) is 3.33. The van der Waals surface area contributed by atoms with E-state index in [1.54, 1.807) is 0 Å². The standard InChI is InChI=1S/C15H22N2O/c1-10-7-12(15(2,3)4)13(18)8-11(10)9-14-16-5-6-17-14/h7-8,18H,5-6,9H2,1-4H3,(H,16,17). The number of amidine groups is 1. The third-order valence-electron chi connectivity index (χ3n) is 3.36. The number of aromatic hydroxyl groups is 1. The summed E-state index contributed by atoms with van der Waals surface area (Å²) in [5.41, 5.74) is 3.34. The van der Waals surface area contributed by atoms with Gasteiger partial charge in [0, 0.05) is 13.0 Å². The lowest BCUT2D eigenvalue weighted by atomic mass is 9.84. The van der Waals surface area contributed by atoms with E-state index in [2.05, 4.69) is 44.1 Å². The molecule has 0 saturated heterocycles. The molecule has 18 heavy (non-hydrogen) atoms. The lowest BCUT2D eigenvalue weighted by molar-refractivity contribution is 0.446. The summed E-state index contributed by atoms with van der Waals surface area (Å²) in [6, 6.07) is 3.98. The third kappa shape index (κ3) is 2.66. The molecule has 0 radical (unpaired) electrons. The summed E-state index contributed by atoms with van der Waals surface area (Å²) in [5, 5.41) is 13.4. The minimum atomic E-state index is -0.0313. The zero-order valence-corrected chi connectivity index (χ0v) is 11.7. The van der Waals surface area contributed by atoms with Gasteiger partial charge in [-0.3, -0.25) is 4.99 Å². The molecule has 0 aromatic heterocycles. The average Bonchev–Trinajstić information content (AvgIpc) is 2.74. The van der Waals surface area contributed by atoms with Crippen LogP contribution in [0.25, 0.3) is 0 Å². The Bertz CT molecular complexity index is 484. The van der Waals surface area contributed by atoms with Crippen LogP contribution in [0, 0.1) is 6.92 Å². The molecule has 3 nitrogen and oxygen atoms in total. The van der Waals surface area contributed by atoms with Crippen molar-refractivity contribution < 1.29 is 5.11 Å². The normalized spacial score (nSPS) is 15.4. The number of aryl methyl sites for hydroxylation is 1. The van der Waals surface area contributed by atoms with Crippen molar-refractivity contribution in [2.24, 2.45) is 4.99 Å². The molecule has 98 valence electrons. The molecule has 1 aliphatic rings. The molecule has 0 bridgehead atoms. The van der Waals surface area contributed by atoms with E-state index in [1.807, 2.05) is 6.07 Å². The molecule has 0 atom stereocenters. The zero-order chi connectivity index (χ0) is 13.3. The van der Waals surface area contributed by atoms with Crippen molar-refractivity contribution in [1.29, 1.82) is 0 Å². The summed E-state index contributed by atoms with van der Waals surface area (Å²) in [7, 11) is 0. The van der Waals surface area contributed by atoms with Crippen LogP contribution in [0.15, 0.2) is 17.1 Å². The molecule has 1 aromatic rings. The smallest absolute Gasteiger partial charge is 0.119 e. The van der Waals surface area contributed by atoms with Gasteiger partial charge in [-0.2, -0.15) is 0 Å². The number of rotatable bonds is 2. The third-order valence-corrected chi connectivity index (χ3v) is 3.36. The fraction of sp³-hybridized carbons (Fsp3) is 0.533. The van der Waals surface area contributed by atoms with Gasteiger partial charge in [-0.25, -0.2) is 0 Å². The topological polar surface area (TPSA) is 44.6 Å². The van der Waals surface area contributed by atoms with Gasteiger partial charge in [-0.15, -0.1) is 0 Å². The highest BCUT2D eigenvalue weighted by atomic mass is 16.3. The minimum absolute atomic E-state index is 0.0313. The number of phenols is 1. The van der Waals surface area contributed by atoms with E-state index in [1.165, 1.54) is 5.56 Å². The molecule has 0 fully saturated rings. The summed E-state index contributed by atoms with van der Waals surface area (Å²) < 4.78 is 0. The lowest BCUT2D eigenvalue weighted by Gasteiger charge is -2.22. The Morgan fingerprint density at radius 1 is 1.33 bits per heavy atom. The first-order chi connectivity index (χ1) is 8.38. The Hall–Kier alpha value is -1.51. The Labute approximate surface area is 109 Å². The molecule has 0 saturated carbocycles. The number of aliphatic imine (C=N–C) groups is 1. The fourth-order valence-corrected chi connectivity index (χ4v) is 2.28. The maximum Gasteiger partial charge on any atom is 0.119 e. The van der Waals surface area contributed by atoms with Gasteiger partial charge < -0.3 is 10.4 Å². The van der Waals surface area contributed by atoms with Crippen molar-refractivity contribution in [3.63, 3.8) is 0 Å². The number of nitrogens with one attached hydrogen (secondary N) is 1. The second kappa shape index (κ2) is 4.63. The highest BCUT2D eigenvalue weighted by Crippen LogP contribution is 2.33. The van der Waals surface area contributed by atoms with E-state index < -0.39 is 0 Å². The van der Waals surface area contributed by atoms with Gasteiger partial charge in [-0.1, -0.05) is 26.8 Å². The van der Waals surface area contributed by atoms with Gasteiger partial charge in [0.05, 0.1) is 6.54 Å². The van der Waals surface area contributed by atoms with Crippen molar-refractivity contribution in [3.05, 3.63) is 28.8 Å². The maximum absolute atomic E-state index is 10.2. The van der Waals surface area contributed by atoms with Gasteiger partial charge in [0.1, 0.15) is 11.6 Å². The summed E-state index contributed by atoms with van der Waals surface area (Å²) in [4.78, 5) is 4.40. The van der Waals surface area contributed by atoms with Gasteiger partial charge in [0.2, 0.25) is 0 Å². The van der Waals surface area contributed by atoms with Crippen molar-refractivity contribution in [3.8, 4) is 5.75 Å². The van der Waals surface area contributed by atoms with Gasteiger partial charge in [0.15, 0.2) is 0 Å². The fourth-order valence-electron chi connectivity index (χ4n) is 2.28. The second-order valence-corrected chi connectivity index (χ2v) is 5.98. The Morgan fingerprint density at radius 2 is 2.06 bits per heavy atom. The van der Waals surface area contributed by atoms with Crippen molar-refractivity contribution >= 4 is 5.84 Å². The molecular weight excluding hydrogens is 224 g/mol. The molecular formula is C15H22N2O. The minimum Gasteiger partial charge on any atom is -0.508 e. The lowest BCUT2D eigenvalue weighted by Crippen LogP contribution is -2.21. The van der Waals surface area contributed by atoms with Crippen molar-refractivity contribution in [1.82, 2.24) is 5.32 Å². The van der Waals surface area contributed by atoms with Crippen LogP contribution in [0.4, 0.5) is 0 Å². The first-order valence-electron chi connectivity index (χ1n) is 6.48. The highest BCUT2D eigenvalue weighted by Gasteiger charge is 2.20. The number of nitrogens with zero attached hydrogens (tertiary/aromatic N) is 1. The van der Waals surface area contributed by atoms with Crippen molar-refractivity contribution in [2.45, 2.75) is 39.5 Å². The predicted molar refractivity (Wildman–Crippen MR) is 75.6 cm³/mol. The number of benzene rings is 1. The summed E-state index contributed by atoms with van der Waals surface area (Å²) in [5.74, 6) is 1.42. The van der Waals surface area contributed by atoms with Gasteiger partial charge in [-0.05, 0) is 35.1 Å². The Balaban J connectivity index is 2.31. The van der Waals surface area contributed by atoms with Crippen LogP contribution in [0.5, 0.6) is 5.75 Å². The summed E-state index contributed by atoms with van der Waals surface area (Å²) in [6.07, 6.45) is 0.782. The maximum atomic E-state index is 10.2. The molecule has 3 heteroatoms. The molecule has 1 heterocycles. The predicted octanol–water partition coefficient (Wildman–Crippen LogP) is 2.54. The SMILES string of the molecule is Cc1cc(C(C)(C)C)c(O)cc1CC1=NCCN1. The largest absolute Gasteiger partial charge is 0.508 e. The first kappa shape index (κ1) is 12.9. The van der Waals surface area contributed by atoms with Gasteiger partial charge >= 0.3 is 0 Å². The zero-order valence-electron chi connectivity index (χ0n) is 11.7. The number of phenolic OH excluding ortho intramolecular Hbond substituents is 1. The van der Waals surface area contributed by atoms with Crippen LogP contribution in [-0.2, 0) is 11.8 Å². The van der Waals surface area contributed by atoms with Crippen LogP contribution >= 0.6 is 0 Å². The van der Waals surface area contributed by atoms with E-state index in [0.717, 1.165) is 36.5 Å². The number of hydrogen-bond acceptors (Lipinski definition) is 3. The van der Waals surface area contributed by atoms with Crippen LogP contribution in [0.1, 0.15) is 37.5 Å². The average molecular weight is 246 g/mol. The van der Waals surface area contributed by atoms with Crippen LogP contribution in [0.3, 0.4) is 0 Å². The monoisotopic (exact) mass is 246 g/mol. The molecule has 0 spiro atoms. The quantitative estimate of drug-likeness (QED) is 0.842. The second-order valence-electron chi connectivity index (χ2n) is 5.98. The molecule has 2 rings (SSSR count). The molecule has 2 N–H and O–H groups in total. The summed E-state index contributed by atoms with van der Waals surface area (Å²) in [6.45, 7) is 10.2. The van der Waals surface area contributed by atoms with Crippen LogP contribution in [0.2, 0.25) is 0 Å². The van der Waals surface area contributed by atoms with E-state index in [0.29, 0.717) is 5.75 Å². The van der Waals surface area contributed by atoms with Gasteiger partial charge in [0.25, 0.3) is 0 Å². The molecule has 1 aliphatic heterocycles. The van der Waals surface area contributed by atoms with E-state index in [-0.39, 0.29) is 5.41 Å². The van der Waals surface area contributed by atoms with Crippen molar-refractivity contribution in [2.75, 3.05) is 13.1 Å². The molecule has 0 amide bonds. The first-order valence-corrected chi connectivity index (χ1v) is 6.48. The van der Waals surface area contributed by atoms with E-state index in [4.69, 9.17) is 0 Å². The van der Waals surface area contributed by atoms with Crippen LogP contribution < -0.4 is 5.32 Å². The van der Waals surface area contributed by atoms with E-state index in [9.17, 15) is 5.11 Å². The summed E-state index contributed by atoms with van der Waals surface area (Å²) >= 11 is 0. The highest BCUT2D eigenvalue weighted by molar-refractivity contribution is 5.86. The molecule has 0 unspecified atom stereocenters. The molecule has 0 aliphatic carbocycles. The number of hydrogen-bond donors (Lipinski definition) is 2. The Morgan fingerprint density at radius 3 is 2.61 bits per heavy atom. The molecule has 1 aromatic carbocycles. The van der Waals surface area contributed by atoms with Crippen LogP contribution in [-0.4, -0.2) is 24.0 Å². The van der Waals surface area contributed by atoms with E-state index >= 15 is 0 Å².